The Morgan fingerprint density at radius 1 is 0.250 bits per heavy atom. The maximum atomic E-state index is 6.56. The first-order chi connectivity index (χ1) is 33.7. The van der Waals surface area contributed by atoms with Crippen molar-refractivity contribution in [1.82, 2.24) is 0 Å². The molecule has 0 saturated heterocycles. The lowest BCUT2D eigenvalue weighted by Crippen LogP contribution is -2.10. The van der Waals surface area contributed by atoms with E-state index in [1.807, 2.05) is 12.1 Å². The van der Waals surface area contributed by atoms with Gasteiger partial charge in [0.2, 0.25) is 0 Å². The van der Waals surface area contributed by atoms with Crippen molar-refractivity contribution < 1.29 is 4.42 Å². The van der Waals surface area contributed by atoms with Gasteiger partial charge in [-0.1, -0.05) is 206 Å². The molecule has 0 bridgehead atoms. The molecule has 1 aromatic heterocycles. The minimum atomic E-state index is 0.894. The third-order valence-electron chi connectivity index (χ3n) is 13.6. The summed E-state index contributed by atoms with van der Waals surface area (Å²) >= 11 is 0. The quantitative estimate of drug-likeness (QED) is 0.142. The van der Waals surface area contributed by atoms with Crippen LogP contribution in [0.15, 0.2) is 265 Å². The van der Waals surface area contributed by atoms with E-state index in [1.165, 1.54) is 65.7 Å². The molecule has 2 heteroatoms. The highest BCUT2D eigenvalue weighted by atomic mass is 16.3. The van der Waals surface area contributed by atoms with Crippen LogP contribution in [0.1, 0.15) is 0 Å². The van der Waals surface area contributed by atoms with Crippen LogP contribution < -0.4 is 4.90 Å². The van der Waals surface area contributed by atoms with Gasteiger partial charge in [0.25, 0.3) is 0 Å². The van der Waals surface area contributed by atoms with Gasteiger partial charge in [-0.25, -0.2) is 0 Å². The van der Waals surface area contributed by atoms with Crippen LogP contribution in [-0.2, 0) is 0 Å². The summed E-state index contributed by atoms with van der Waals surface area (Å²) in [5.41, 5.74) is 16.7. The first-order valence-corrected chi connectivity index (χ1v) is 23.3. The summed E-state index contributed by atoms with van der Waals surface area (Å²) in [6.07, 6.45) is 0. The fourth-order valence-corrected chi connectivity index (χ4v) is 10.4. The molecule has 2 nitrogen and oxygen atoms in total. The molecule has 13 rings (SSSR count). The Morgan fingerprint density at radius 2 is 0.765 bits per heavy atom. The van der Waals surface area contributed by atoms with Gasteiger partial charge in [0, 0.05) is 33.4 Å². The molecule has 0 saturated carbocycles. The number of fused-ring (bicyclic) bond motifs is 7. The van der Waals surface area contributed by atoms with Crippen molar-refractivity contribution in [3.05, 3.63) is 261 Å². The highest BCUT2D eigenvalue weighted by Crippen LogP contribution is 2.47. The lowest BCUT2D eigenvalue weighted by atomic mass is 9.84. The highest BCUT2D eigenvalue weighted by molar-refractivity contribution is 6.22. The Morgan fingerprint density at radius 3 is 1.53 bits per heavy atom. The van der Waals surface area contributed by atoms with Crippen LogP contribution in [0.5, 0.6) is 0 Å². The SMILES string of the molecule is c1ccc(-c2c(-c3ccccc3)c3cc(-c4cccc(N(c5ccc(-c6ccc7ccccc7c6)cc5)c5cccc(-c6cccc7c6oc6ccccc67)c5)c4)ccc3c3ccccc23)cc1. The minimum absolute atomic E-state index is 0.894. The highest BCUT2D eigenvalue weighted by Gasteiger charge is 2.20. The van der Waals surface area contributed by atoms with E-state index in [-0.39, 0.29) is 0 Å². The molecule has 0 aliphatic heterocycles. The number of anilines is 3. The Kier molecular flexibility index (Phi) is 9.54. The summed E-state index contributed by atoms with van der Waals surface area (Å²) in [6.45, 7) is 0. The van der Waals surface area contributed by atoms with Crippen LogP contribution in [-0.4, -0.2) is 0 Å². The number of nitrogens with zero attached hydrogens (tertiary/aromatic N) is 1. The molecular weight excluding hydrogens is 823 g/mol. The molecule has 0 radical (unpaired) electrons. The maximum Gasteiger partial charge on any atom is 0.143 e. The monoisotopic (exact) mass is 865 g/mol. The van der Waals surface area contributed by atoms with Crippen molar-refractivity contribution in [1.29, 1.82) is 0 Å². The molecule has 13 aromatic rings. The second kappa shape index (κ2) is 16.5. The normalized spacial score (nSPS) is 11.5. The third kappa shape index (κ3) is 6.82. The van der Waals surface area contributed by atoms with Gasteiger partial charge < -0.3 is 9.32 Å². The fourth-order valence-electron chi connectivity index (χ4n) is 10.4. The number of hydrogen-bond acceptors (Lipinski definition) is 2. The van der Waals surface area contributed by atoms with Crippen LogP contribution in [0.2, 0.25) is 0 Å². The van der Waals surface area contributed by atoms with E-state index >= 15 is 0 Å². The van der Waals surface area contributed by atoms with E-state index in [0.717, 1.165) is 61.3 Å². The number of hydrogen-bond donors (Lipinski definition) is 0. The lowest BCUT2D eigenvalue weighted by molar-refractivity contribution is 0.670. The Labute approximate surface area is 395 Å². The molecule has 318 valence electrons. The maximum absolute atomic E-state index is 6.56. The standard InChI is InChI=1S/C66H43NO/c1-3-17-46(18-4-1)64-60-28-10-9-26-57(60)58-39-36-51(43-62(58)65(64)47-19-5-2-6-20-47)49-22-13-24-54(41-49)67(53-37-34-45(35-38-53)50-33-32-44-16-7-8-21-48(44)40-50)55-25-14-23-52(42-55)56-29-15-30-61-59-27-11-12-31-63(59)68-66(56)61/h1-43H. The van der Waals surface area contributed by atoms with Crippen molar-refractivity contribution >= 4 is 71.3 Å². The molecule has 68 heavy (non-hydrogen) atoms. The van der Waals surface area contributed by atoms with E-state index in [9.17, 15) is 0 Å². The molecule has 0 spiro atoms. The number of para-hydroxylation sites is 2. The van der Waals surface area contributed by atoms with Crippen LogP contribution >= 0.6 is 0 Å². The summed E-state index contributed by atoms with van der Waals surface area (Å²) in [5.74, 6) is 0. The Balaban J connectivity index is 0.979. The molecule has 0 N–H and O–H groups in total. The van der Waals surface area contributed by atoms with Gasteiger partial charge in [-0.05, 0) is 137 Å². The molecule has 0 aliphatic carbocycles. The topological polar surface area (TPSA) is 16.4 Å². The van der Waals surface area contributed by atoms with Gasteiger partial charge in [0.1, 0.15) is 11.2 Å². The van der Waals surface area contributed by atoms with Gasteiger partial charge in [-0.2, -0.15) is 0 Å². The molecule has 0 unspecified atom stereocenters. The zero-order valence-corrected chi connectivity index (χ0v) is 37.2. The predicted octanol–water partition coefficient (Wildman–Crippen LogP) is 18.9. The first-order valence-electron chi connectivity index (χ1n) is 23.3. The lowest BCUT2D eigenvalue weighted by Gasteiger charge is -2.27. The summed E-state index contributed by atoms with van der Waals surface area (Å²) in [6, 6.07) is 94.5. The smallest absolute Gasteiger partial charge is 0.143 e. The predicted molar refractivity (Wildman–Crippen MR) is 288 cm³/mol. The zero-order chi connectivity index (χ0) is 45.0. The molecular formula is C66H43NO. The zero-order valence-electron chi connectivity index (χ0n) is 37.2. The molecule has 0 aliphatic rings. The Bertz CT molecular complexity index is 4020. The first kappa shape index (κ1) is 39.4. The average molecular weight is 866 g/mol. The van der Waals surface area contributed by atoms with Crippen LogP contribution in [0.25, 0.3) is 110 Å². The van der Waals surface area contributed by atoms with Crippen molar-refractivity contribution in [3.8, 4) is 55.6 Å². The summed E-state index contributed by atoms with van der Waals surface area (Å²) in [7, 11) is 0. The largest absolute Gasteiger partial charge is 0.455 e. The van der Waals surface area contributed by atoms with Crippen molar-refractivity contribution in [2.75, 3.05) is 4.90 Å². The third-order valence-corrected chi connectivity index (χ3v) is 13.6. The van der Waals surface area contributed by atoms with Crippen molar-refractivity contribution in [2.45, 2.75) is 0 Å². The molecule has 12 aromatic carbocycles. The van der Waals surface area contributed by atoms with Gasteiger partial charge in [0.15, 0.2) is 0 Å². The van der Waals surface area contributed by atoms with Gasteiger partial charge in [0.05, 0.1) is 0 Å². The summed E-state index contributed by atoms with van der Waals surface area (Å²) in [4.78, 5) is 2.38. The fraction of sp³-hybridized carbons (Fsp3) is 0. The molecule has 0 amide bonds. The molecule has 0 fully saturated rings. The van der Waals surface area contributed by atoms with E-state index in [0.29, 0.717) is 0 Å². The van der Waals surface area contributed by atoms with Crippen LogP contribution in [0, 0.1) is 0 Å². The van der Waals surface area contributed by atoms with E-state index in [2.05, 4.69) is 254 Å². The molecule has 0 atom stereocenters. The number of rotatable bonds is 8. The van der Waals surface area contributed by atoms with Crippen LogP contribution in [0.4, 0.5) is 17.1 Å². The van der Waals surface area contributed by atoms with Gasteiger partial charge >= 0.3 is 0 Å². The van der Waals surface area contributed by atoms with E-state index < -0.39 is 0 Å². The number of benzene rings is 12. The molecule has 1 heterocycles. The van der Waals surface area contributed by atoms with Gasteiger partial charge in [-0.15, -0.1) is 0 Å². The van der Waals surface area contributed by atoms with Crippen molar-refractivity contribution in [2.24, 2.45) is 0 Å². The Hall–Kier alpha value is -8.98. The summed E-state index contributed by atoms with van der Waals surface area (Å²) in [5, 5.41) is 9.68. The minimum Gasteiger partial charge on any atom is -0.455 e. The van der Waals surface area contributed by atoms with Crippen molar-refractivity contribution in [3.63, 3.8) is 0 Å². The van der Waals surface area contributed by atoms with E-state index in [1.54, 1.807) is 0 Å². The number of furan rings is 1. The van der Waals surface area contributed by atoms with E-state index in [4.69, 9.17) is 4.42 Å². The second-order valence-electron chi connectivity index (χ2n) is 17.6. The van der Waals surface area contributed by atoms with Crippen LogP contribution in [0.3, 0.4) is 0 Å². The average Bonchev–Trinajstić information content (AvgIpc) is 3.80. The second-order valence-corrected chi connectivity index (χ2v) is 17.6. The summed E-state index contributed by atoms with van der Waals surface area (Å²) < 4.78 is 6.56. The van der Waals surface area contributed by atoms with Gasteiger partial charge in [-0.3, -0.25) is 0 Å².